The number of para-hydroxylation sites is 1. The van der Waals surface area contributed by atoms with E-state index in [0.29, 0.717) is 27.9 Å². The Balaban J connectivity index is 1.52. The maximum atomic E-state index is 12.5. The van der Waals surface area contributed by atoms with Crippen molar-refractivity contribution in [1.29, 1.82) is 0 Å². The van der Waals surface area contributed by atoms with Crippen molar-refractivity contribution < 1.29 is 9.21 Å². The van der Waals surface area contributed by atoms with E-state index in [1.165, 1.54) is 17.2 Å². The molecule has 0 bridgehead atoms. The van der Waals surface area contributed by atoms with Gasteiger partial charge in [-0.25, -0.2) is 4.79 Å². The molecule has 1 amide bonds. The highest BCUT2D eigenvalue weighted by molar-refractivity contribution is 6.39. The highest BCUT2D eigenvalue weighted by atomic mass is 35.5. The van der Waals surface area contributed by atoms with E-state index in [1.54, 1.807) is 18.2 Å². The van der Waals surface area contributed by atoms with E-state index in [1.807, 2.05) is 18.0 Å². The number of hydrogen-bond donors (Lipinski definition) is 1. The third-order valence-electron chi connectivity index (χ3n) is 5.12. The molecule has 29 heavy (non-hydrogen) atoms. The summed E-state index contributed by atoms with van der Waals surface area (Å²) in [5.41, 5.74) is 4.02. The average Bonchev–Trinajstić information content (AvgIpc) is 3.10. The summed E-state index contributed by atoms with van der Waals surface area (Å²) in [5.74, 6) is -0.240. The van der Waals surface area contributed by atoms with Crippen molar-refractivity contribution in [2.24, 2.45) is 0 Å². The standard InChI is InChI=1S/C22H20Cl2N2O3/c1-26(12-20(27)25-22-17(23)6-3-7-18(22)24)11-15-10-21(28)29-19-9-14-5-2-4-13(14)8-16(15)19/h3,6-10H,2,4-5,11-12H2,1H3,(H,25,27). The van der Waals surface area contributed by atoms with E-state index in [4.69, 9.17) is 27.6 Å². The molecule has 0 unspecified atom stereocenters. The Morgan fingerprint density at radius 2 is 1.83 bits per heavy atom. The van der Waals surface area contributed by atoms with Gasteiger partial charge in [-0.05, 0) is 67.3 Å². The van der Waals surface area contributed by atoms with Crippen LogP contribution in [0.2, 0.25) is 10.0 Å². The van der Waals surface area contributed by atoms with Crippen molar-refractivity contribution in [2.75, 3.05) is 18.9 Å². The van der Waals surface area contributed by atoms with Crippen molar-refractivity contribution >= 4 is 45.8 Å². The summed E-state index contributed by atoms with van der Waals surface area (Å²) >= 11 is 12.2. The molecule has 5 nitrogen and oxygen atoms in total. The van der Waals surface area contributed by atoms with Crippen molar-refractivity contribution in [1.82, 2.24) is 4.90 Å². The summed E-state index contributed by atoms with van der Waals surface area (Å²) in [4.78, 5) is 26.3. The smallest absolute Gasteiger partial charge is 0.336 e. The Morgan fingerprint density at radius 3 is 2.55 bits per heavy atom. The summed E-state index contributed by atoms with van der Waals surface area (Å²) in [6.45, 7) is 0.554. The number of nitrogens with zero attached hydrogens (tertiary/aromatic N) is 1. The first-order valence-corrected chi connectivity index (χ1v) is 10.2. The molecule has 3 aromatic rings. The quantitative estimate of drug-likeness (QED) is 0.597. The lowest BCUT2D eigenvalue weighted by atomic mass is 10.0. The molecule has 1 aliphatic rings. The van der Waals surface area contributed by atoms with Gasteiger partial charge >= 0.3 is 5.63 Å². The molecule has 0 saturated heterocycles. The Morgan fingerprint density at radius 1 is 1.14 bits per heavy atom. The third kappa shape index (κ3) is 4.32. The highest BCUT2D eigenvalue weighted by Crippen LogP contribution is 2.30. The van der Waals surface area contributed by atoms with E-state index in [9.17, 15) is 9.59 Å². The number of carbonyl (C=O) groups is 1. The van der Waals surface area contributed by atoms with Crippen molar-refractivity contribution in [2.45, 2.75) is 25.8 Å². The largest absolute Gasteiger partial charge is 0.423 e. The number of rotatable bonds is 5. The maximum Gasteiger partial charge on any atom is 0.336 e. The van der Waals surface area contributed by atoms with E-state index >= 15 is 0 Å². The minimum Gasteiger partial charge on any atom is -0.423 e. The molecule has 1 heterocycles. The summed E-state index contributed by atoms with van der Waals surface area (Å²) in [5, 5.41) is 4.44. The van der Waals surface area contributed by atoms with Crippen molar-refractivity contribution in [3.8, 4) is 0 Å². The number of aryl methyl sites for hydroxylation is 2. The zero-order chi connectivity index (χ0) is 20.5. The molecule has 7 heteroatoms. The third-order valence-corrected chi connectivity index (χ3v) is 5.75. The van der Waals surface area contributed by atoms with Crippen LogP contribution >= 0.6 is 23.2 Å². The van der Waals surface area contributed by atoms with E-state index in [2.05, 4.69) is 11.4 Å². The number of nitrogens with one attached hydrogen (secondary N) is 1. The number of fused-ring (bicyclic) bond motifs is 2. The molecular formula is C22H20Cl2N2O3. The summed E-state index contributed by atoms with van der Waals surface area (Å²) in [6.07, 6.45) is 3.18. The van der Waals surface area contributed by atoms with Gasteiger partial charge in [0, 0.05) is 18.0 Å². The second kappa shape index (κ2) is 8.19. The number of carbonyl (C=O) groups excluding carboxylic acids is 1. The lowest BCUT2D eigenvalue weighted by Gasteiger charge is -2.18. The number of anilines is 1. The number of halogens is 2. The van der Waals surface area contributed by atoms with Crippen LogP contribution in [-0.2, 0) is 24.2 Å². The van der Waals surface area contributed by atoms with Crippen LogP contribution in [0.5, 0.6) is 0 Å². The van der Waals surface area contributed by atoms with Crippen LogP contribution in [0.25, 0.3) is 11.0 Å². The van der Waals surface area contributed by atoms with Crippen molar-refractivity contribution in [3.05, 3.63) is 73.6 Å². The zero-order valence-electron chi connectivity index (χ0n) is 15.9. The average molecular weight is 431 g/mol. The summed E-state index contributed by atoms with van der Waals surface area (Å²) in [6, 6.07) is 10.7. The van der Waals surface area contributed by atoms with Gasteiger partial charge in [-0.15, -0.1) is 0 Å². The molecule has 0 spiro atoms. The van der Waals surface area contributed by atoms with Crippen LogP contribution in [-0.4, -0.2) is 24.4 Å². The molecule has 0 atom stereocenters. The van der Waals surface area contributed by atoms with Crippen LogP contribution in [0.15, 0.2) is 45.6 Å². The number of hydrogen-bond acceptors (Lipinski definition) is 4. The molecule has 0 saturated carbocycles. The second-order valence-corrected chi connectivity index (χ2v) is 8.19. The monoisotopic (exact) mass is 430 g/mol. The lowest BCUT2D eigenvalue weighted by molar-refractivity contribution is -0.117. The van der Waals surface area contributed by atoms with Gasteiger partial charge in [0.25, 0.3) is 0 Å². The van der Waals surface area contributed by atoms with Gasteiger partial charge in [-0.3, -0.25) is 9.69 Å². The van der Waals surface area contributed by atoms with Crippen LogP contribution in [0.3, 0.4) is 0 Å². The van der Waals surface area contributed by atoms with Gasteiger partial charge < -0.3 is 9.73 Å². The molecular weight excluding hydrogens is 411 g/mol. The first kappa shape index (κ1) is 20.0. The minimum atomic E-state index is -0.383. The van der Waals surface area contributed by atoms with Crippen molar-refractivity contribution in [3.63, 3.8) is 0 Å². The Hall–Kier alpha value is -2.34. The van der Waals surface area contributed by atoms with E-state index in [0.717, 1.165) is 30.2 Å². The van der Waals surface area contributed by atoms with Gasteiger partial charge in [0.05, 0.1) is 22.3 Å². The molecule has 0 fully saturated rings. The maximum absolute atomic E-state index is 12.5. The fourth-order valence-electron chi connectivity index (χ4n) is 3.81. The van der Waals surface area contributed by atoms with Crippen LogP contribution in [0, 0.1) is 0 Å². The lowest BCUT2D eigenvalue weighted by Crippen LogP contribution is -2.30. The molecule has 4 rings (SSSR count). The van der Waals surface area contributed by atoms with Gasteiger partial charge in [0.15, 0.2) is 0 Å². The first-order chi connectivity index (χ1) is 13.9. The Bertz CT molecular complexity index is 1140. The van der Waals surface area contributed by atoms with Gasteiger partial charge in [-0.2, -0.15) is 0 Å². The van der Waals surface area contributed by atoms with Crippen LogP contribution < -0.4 is 10.9 Å². The minimum absolute atomic E-state index is 0.119. The predicted octanol–water partition coefficient (Wildman–Crippen LogP) is 4.66. The fourth-order valence-corrected chi connectivity index (χ4v) is 4.31. The molecule has 2 aromatic carbocycles. The van der Waals surface area contributed by atoms with Gasteiger partial charge in [0.1, 0.15) is 5.58 Å². The number of likely N-dealkylation sites (N-methyl/N-ethyl adjacent to an activating group) is 1. The first-order valence-electron chi connectivity index (χ1n) is 9.41. The summed E-state index contributed by atoms with van der Waals surface area (Å²) < 4.78 is 5.41. The predicted molar refractivity (Wildman–Crippen MR) is 116 cm³/mol. The topological polar surface area (TPSA) is 62.6 Å². The summed E-state index contributed by atoms with van der Waals surface area (Å²) in [7, 11) is 1.82. The van der Waals surface area contributed by atoms with Gasteiger partial charge in [0.2, 0.25) is 5.91 Å². The Kier molecular flexibility index (Phi) is 5.63. The zero-order valence-corrected chi connectivity index (χ0v) is 17.4. The molecule has 0 aliphatic heterocycles. The fraction of sp³-hybridized carbons (Fsp3) is 0.273. The SMILES string of the molecule is CN(CC(=O)Nc1c(Cl)cccc1Cl)Cc1cc(=O)oc2cc3c(cc12)CCC3. The highest BCUT2D eigenvalue weighted by Gasteiger charge is 2.17. The number of amides is 1. The van der Waals surface area contributed by atoms with Crippen LogP contribution in [0.1, 0.15) is 23.1 Å². The molecule has 0 radical (unpaired) electrons. The molecule has 1 N–H and O–H groups in total. The van der Waals surface area contributed by atoms with E-state index in [-0.39, 0.29) is 18.1 Å². The molecule has 1 aliphatic carbocycles. The second-order valence-electron chi connectivity index (χ2n) is 7.38. The molecule has 150 valence electrons. The van der Waals surface area contributed by atoms with Crippen LogP contribution in [0.4, 0.5) is 5.69 Å². The Labute approximate surface area is 178 Å². The van der Waals surface area contributed by atoms with Gasteiger partial charge in [-0.1, -0.05) is 29.3 Å². The van der Waals surface area contributed by atoms with E-state index < -0.39 is 0 Å². The normalized spacial score (nSPS) is 13.1. The molecule has 1 aromatic heterocycles. The number of benzene rings is 2.